The first-order valence-electron chi connectivity index (χ1n) is 5.45. The van der Waals surface area contributed by atoms with Gasteiger partial charge in [0.15, 0.2) is 11.4 Å². The molecule has 7 heteroatoms. The molecule has 2 aromatic rings. The molecule has 0 aliphatic carbocycles. The molecule has 1 atom stereocenters. The van der Waals surface area contributed by atoms with Crippen LogP contribution in [0.1, 0.15) is 11.4 Å². The van der Waals surface area contributed by atoms with Crippen LogP contribution in [0.5, 0.6) is 0 Å². The van der Waals surface area contributed by atoms with Gasteiger partial charge in [-0.3, -0.25) is 4.79 Å². The number of aliphatic hydroxyl groups is 1. The molecule has 18 heavy (non-hydrogen) atoms. The van der Waals surface area contributed by atoms with E-state index in [1.54, 1.807) is 25.2 Å². The van der Waals surface area contributed by atoms with Crippen LogP contribution in [0.2, 0.25) is 0 Å². The number of likely N-dealkylation sites (N-methyl/N-ethyl adjacent to an activating group) is 1. The van der Waals surface area contributed by atoms with Crippen LogP contribution < -0.4 is 4.90 Å². The van der Waals surface area contributed by atoms with Crippen LogP contribution in [-0.4, -0.2) is 38.7 Å². The zero-order valence-electron chi connectivity index (χ0n) is 9.66. The van der Waals surface area contributed by atoms with Crippen LogP contribution >= 0.6 is 0 Å². The normalized spacial score (nSPS) is 22.3. The third-order valence-electron chi connectivity index (χ3n) is 3.17. The van der Waals surface area contributed by atoms with Crippen LogP contribution in [0, 0.1) is 0 Å². The Morgan fingerprint density at radius 1 is 1.44 bits per heavy atom. The maximum atomic E-state index is 12.2. The molecular weight excluding hydrogens is 234 g/mol. The summed E-state index contributed by atoms with van der Waals surface area (Å²) >= 11 is 0. The number of para-hydroxylation sites is 1. The second kappa shape index (κ2) is 3.61. The smallest absolute Gasteiger partial charge is 0.263 e. The average molecular weight is 245 g/mol. The van der Waals surface area contributed by atoms with Crippen LogP contribution in [0.4, 0.5) is 5.69 Å². The van der Waals surface area contributed by atoms with Crippen molar-refractivity contribution >= 4 is 11.6 Å². The summed E-state index contributed by atoms with van der Waals surface area (Å²) in [7, 11) is 1.63. The highest BCUT2D eigenvalue weighted by atomic mass is 16.3. The van der Waals surface area contributed by atoms with Crippen LogP contribution in [-0.2, 0) is 16.8 Å². The van der Waals surface area contributed by atoms with Gasteiger partial charge in [-0.25, -0.2) is 0 Å². The van der Waals surface area contributed by atoms with Crippen molar-refractivity contribution in [3.63, 3.8) is 0 Å². The Bertz CT molecular complexity index is 597. The van der Waals surface area contributed by atoms with Crippen molar-refractivity contribution in [2.75, 3.05) is 11.9 Å². The monoisotopic (exact) mass is 245 g/mol. The summed E-state index contributed by atoms with van der Waals surface area (Å²) < 4.78 is 0. The number of benzene rings is 1. The lowest BCUT2D eigenvalue weighted by atomic mass is 9.91. The molecule has 1 aliphatic heterocycles. The molecule has 1 aliphatic rings. The molecule has 2 N–H and O–H groups in total. The predicted octanol–water partition coefficient (Wildman–Crippen LogP) is -0.394. The van der Waals surface area contributed by atoms with E-state index in [1.165, 1.54) is 4.90 Å². The van der Waals surface area contributed by atoms with Crippen molar-refractivity contribution in [2.45, 2.75) is 12.0 Å². The highest BCUT2D eigenvalue weighted by Crippen LogP contribution is 2.40. The van der Waals surface area contributed by atoms with E-state index in [9.17, 15) is 9.90 Å². The number of hydrogen-bond acceptors (Lipinski definition) is 5. The number of carbonyl (C=O) groups is 1. The van der Waals surface area contributed by atoms with E-state index in [4.69, 9.17) is 0 Å². The Morgan fingerprint density at radius 2 is 2.22 bits per heavy atom. The molecule has 1 aromatic carbocycles. The van der Waals surface area contributed by atoms with E-state index < -0.39 is 5.60 Å². The molecule has 0 saturated carbocycles. The summed E-state index contributed by atoms with van der Waals surface area (Å²) in [6, 6.07) is 7.13. The number of rotatable bonds is 2. The number of aromatic amines is 1. The molecule has 0 bridgehead atoms. The summed E-state index contributed by atoms with van der Waals surface area (Å²) in [6.07, 6.45) is 0.00366. The Labute approximate surface area is 102 Å². The number of hydrogen-bond donors (Lipinski definition) is 2. The lowest BCUT2D eigenvalue weighted by Gasteiger charge is -2.19. The fourth-order valence-corrected chi connectivity index (χ4v) is 2.27. The van der Waals surface area contributed by atoms with Crippen LogP contribution in [0.25, 0.3) is 0 Å². The van der Waals surface area contributed by atoms with Crippen molar-refractivity contribution in [2.24, 2.45) is 0 Å². The van der Waals surface area contributed by atoms with Crippen molar-refractivity contribution < 1.29 is 9.90 Å². The predicted molar refractivity (Wildman–Crippen MR) is 61.6 cm³/mol. The minimum Gasteiger partial charge on any atom is -0.375 e. The van der Waals surface area contributed by atoms with Crippen molar-refractivity contribution in [3.05, 3.63) is 35.7 Å². The van der Waals surface area contributed by atoms with E-state index in [-0.39, 0.29) is 12.3 Å². The highest BCUT2D eigenvalue weighted by molar-refractivity contribution is 6.06. The molecule has 2 heterocycles. The van der Waals surface area contributed by atoms with Crippen LogP contribution in [0.15, 0.2) is 24.3 Å². The van der Waals surface area contributed by atoms with E-state index >= 15 is 0 Å². The van der Waals surface area contributed by atoms with Gasteiger partial charge in [0.1, 0.15) is 0 Å². The Hall–Kier alpha value is -2.28. The lowest BCUT2D eigenvalue weighted by molar-refractivity contribution is -0.135. The third-order valence-corrected chi connectivity index (χ3v) is 3.17. The summed E-state index contributed by atoms with van der Waals surface area (Å²) in [4.78, 5) is 13.6. The minimum absolute atomic E-state index is 0.00366. The molecule has 92 valence electrons. The summed E-state index contributed by atoms with van der Waals surface area (Å²) in [5.41, 5.74) is -0.342. The number of amides is 1. The number of aromatic nitrogens is 4. The van der Waals surface area contributed by atoms with E-state index in [2.05, 4.69) is 20.6 Å². The second-order valence-corrected chi connectivity index (χ2v) is 4.25. The Kier molecular flexibility index (Phi) is 2.17. The molecule has 1 aromatic heterocycles. The SMILES string of the molecule is CN1C(=O)C(O)(Cc2nn[nH]n2)c2ccccc21. The van der Waals surface area contributed by atoms with Gasteiger partial charge in [-0.15, -0.1) is 10.2 Å². The lowest BCUT2D eigenvalue weighted by Crippen LogP contribution is -2.40. The van der Waals surface area contributed by atoms with Gasteiger partial charge in [0, 0.05) is 12.6 Å². The molecule has 3 rings (SSSR count). The highest BCUT2D eigenvalue weighted by Gasteiger charge is 2.49. The summed E-state index contributed by atoms with van der Waals surface area (Å²) in [5, 5.41) is 23.9. The minimum atomic E-state index is -1.62. The van der Waals surface area contributed by atoms with Gasteiger partial charge >= 0.3 is 0 Å². The largest absolute Gasteiger partial charge is 0.375 e. The van der Waals surface area contributed by atoms with Gasteiger partial charge in [0.25, 0.3) is 5.91 Å². The molecular formula is C11H11N5O2. The van der Waals surface area contributed by atoms with Gasteiger partial charge < -0.3 is 10.0 Å². The number of fused-ring (bicyclic) bond motifs is 1. The Morgan fingerprint density at radius 3 is 2.94 bits per heavy atom. The zero-order chi connectivity index (χ0) is 12.8. The first kappa shape index (κ1) is 10.8. The van der Waals surface area contributed by atoms with Crippen molar-refractivity contribution in [1.82, 2.24) is 20.6 Å². The number of nitrogens with one attached hydrogen (secondary N) is 1. The molecule has 7 nitrogen and oxygen atoms in total. The molecule has 0 radical (unpaired) electrons. The van der Waals surface area contributed by atoms with E-state index in [0.29, 0.717) is 17.1 Å². The number of anilines is 1. The van der Waals surface area contributed by atoms with Crippen LogP contribution in [0.3, 0.4) is 0 Å². The first-order valence-corrected chi connectivity index (χ1v) is 5.45. The topological polar surface area (TPSA) is 95.0 Å². The maximum absolute atomic E-state index is 12.2. The van der Waals surface area contributed by atoms with Gasteiger partial charge in [0.2, 0.25) is 0 Å². The zero-order valence-corrected chi connectivity index (χ0v) is 9.66. The summed E-state index contributed by atoms with van der Waals surface area (Å²) in [6.45, 7) is 0. The molecule has 0 spiro atoms. The van der Waals surface area contributed by atoms with E-state index in [0.717, 1.165) is 0 Å². The fourth-order valence-electron chi connectivity index (χ4n) is 2.27. The van der Waals surface area contributed by atoms with Gasteiger partial charge in [0.05, 0.1) is 12.1 Å². The number of H-pyrrole nitrogens is 1. The third kappa shape index (κ3) is 1.34. The molecule has 0 saturated heterocycles. The molecule has 1 unspecified atom stereocenters. The average Bonchev–Trinajstić information content (AvgIpc) is 2.94. The standard InChI is InChI=1S/C11H11N5O2/c1-16-8-5-3-2-4-7(8)11(18,10(16)17)6-9-12-14-15-13-9/h2-5,18H,6H2,1H3,(H,12,13,14,15). The first-order chi connectivity index (χ1) is 8.63. The quantitative estimate of drug-likeness (QED) is 0.751. The second-order valence-electron chi connectivity index (χ2n) is 4.25. The fraction of sp³-hybridized carbons (Fsp3) is 0.273. The Balaban J connectivity index is 2.08. The van der Waals surface area contributed by atoms with Crippen molar-refractivity contribution in [1.29, 1.82) is 0 Å². The summed E-state index contributed by atoms with van der Waals surface area (Å²) in [5.74, 6) is -0.0792. The molecule has 0 fully saturated rings. The van der Waals surface area contributed by atoms with Gasteiger partial charge in [-0.1, -0.05) is 23.4 Å². The van der Waals surface area contributed by atoms with Gasteiger partial charge in [-0.05, 0) is 6.07 Å². The van der Waals surface area contributed by atoms with Gasteiger partial charge in [-0.2, -0.15) is 5.21 Å². The maximum Gasteiger partial charge on any atom is 0.263 e. The number of tetrazole rings is 1. The number of nitrogens with zero attached hydrogens (tertiary/aromatic N) is 4. The van der Waals surface area contributed by atoms with Crippen molar-refractivity contribution in [3.8, 4) is 0 Å². The molecule has 1 amide bonds. The van der Waals surface area contributed by atoms with E-state index in [1.807, 2.05) is 6.07 Å². The number of carbonyl (C=O) groups excluding carboxylic acids is 1.